The van der Waals surface area contributed by atoms with Crippen LogP contribution in [0.15, 0.2) is 54.6 Å². The quantitative estimate of drug-likeness (QED) is 0.837. The molecule has 0 unspecified atom stereocenters. The Balaban J connectivity index is 0. The Hall–Kier alpha value is -1.29. The summed E-state index contributed by atoms with van der Waals surface area (Å²) >= 11 is 0. The van der Waals surface area contributed by atoms with E-state index in [1.54, 1.807) is 24.3 Å². The molecule has 2 rings (SSSR count). The van der Waals surface area contributed by atoms with Gasteiger partial charge in [-0.05, 0) is 29.8 Å². The smallest absolute Gasteiger partial charge is 1.00 e. The molecule has 0 saturated heterocycles. The number of aliphatic carboxylic acids is 1. The number of benzene rings is 2. The summed E-state index contributed by atoms with van der Waals surface area (Å²) < 4.78 is 5.61. The van der Waals surface area contributed by atoms with Crippen molar-refractivity contribution in [3.05, 3.63) is 60.2 Å². The average Bonchev–Trinajstić information content (AvgIpc) is 2.30. The molecular weight excluding hydrogens is 251 g/mol. The van der Waals surface area contributed by atoms with Crippen LogP contribution in [0.2, 0.25) is 0 Å². The van der Waals surface area contributed by atoms with E-state index in [-0.39, 0.29) is 44.8 Å². The van der Waals surface area contributed by atoms with E-state index >= 15 is 0 Å². The van der Waals surface area contributed by atoms with Gasteiger partial charge >= 0.3 is 35.5 Å². The predicted molar refractivity (Wildman–Crippen MR) is 72.1 cm³/mol. The van der Waals surface area contributed by atoms with E-state index in [9.17, 15) is 4.79 Å². The van der Waals surface area contributed by atoms with E-state index in [4.69, 9.17) is 9.84 Å². The molecule has 0 spiro atoms. The van der Waals surface area contributed by atoms with E-state index in [0.29, 0.717) is 5.75 Å². The van der Waals surface area contributed by atoms with Crippen LogP contribution in [0.1, 0.15) is 14.4 Å². The van der Waals surface area contributed by atoms with Crippen molar-refractivity contribution in [3.8, 4) is 11.5 Å². The van der Waals surface area contributed by atoms with Gasteiger partial charge in [0.1, 0.15) is 11.5 Å². The van der Waals surface area contributed by atoms with Gasteiger partial charge < -0.3 is 11.3 Å². The van der Waals surface area contributed by atoms with E-state index in [1.807, 2.05) is 30.3 Å². The Labute approximate surface area is 137 Å². The summed E-state index contributed by atoms with van der Waals surface area (Å²) in [6, 6.07) is 16.5. The molecule has 96 valence electrons. The van der Waals surface area contributed by atoms with Crippen LogP contribution in [-0.2, 0) is 11.2 Å². The average molecular weight is 268 g/mol. The minimum Gasteiger partial charge on any atom is -1.00 e. The summed E-state index contributed by atoms with van der Waals surface area (Å²) in [4.78, 5) is 10.6. The molecule has 0 aromatic heterocycles. The summed E-state index contributed by atoms with van der Waals surface area (Å²) in [5, 5.41) is 8.71. The Morgan fingerprint density at radius 2 is 1.68 bits per heavy atom. The topological polar surface area (TPSA) is 46.5 Å². The first-order chi connectivity index (χ1) is 8.24. The van der Waals surface area contributed by atoms with Gasteiger partial charge in [-0.2, -0.15) is 0 Å². The van der Waals surface area contributed by atoms with Gasteiger partial charge in [0, 0.05) is 0 Å². The standard InChI is InChI=1S/C14H12O3.CH4.Na.H/c15-14(16)10-11-5-4-8-13(9-11)17-12-6-2-1-3-7-12;;;/h1-9H,10H2,(H,15,16);1H4;;/q;;+1;-1. The van der Waals surface area contributed by atoms with Gasteiger partial charge in [0.05, 0.1) is 6.42 Å². The van der Waals surface area contributed by atoms with Crippen molar-refractivity contribution in [2.45, 2.75) is 13.8 Å². The molecule has 0 aliphatic rings. The Kier molecular flexibility index (Phi) is 8.16. The van der Waals surface area contributed by atoms with Crippen LogP contribution < -0.4 is 34.3 Å². The van der Waals surface area contributed by atoms with Crippen LogP contribution in [0.4, 0.5) is 0 Å². The van der Waals surface area contributed by atoms with Gasteiger partial charge in [0.15, 0.2) is 0 Å². The van der Waals surface area contributed by atoms with Crippen LogP contribution >= 0.6 is 0 Å². The number of carboxylic acid groups (broad SMARTS) is 1. The summed E-state index contributed by atoms with van der Waals surface area (Å²) in [6.07, 6.45) is 0.00594. The number of para-hydroxylation sites is 1. The van der Waals surface area contributed by atoms with Crippen molar-refractivity contribution < 1.29 is 45.6 Å². The number of carboxylic acids is 1. The van der Waals surface area contributed by atoms with Gasteiger partial charge in [-0.3, -0.25) is 4.79 Å². The molecule has 4 heteroatoms. The van der Waals surface area contributed by atoms with Crippen molar-refractivity contribution in [1.29, 1.82) is 0 Å². The first-order valence-electron chi connectivity index (χ1n) is 5.28. The van der Waals surface area contributed by atoms with Gasteiger partial charge in [0.2, 0.25) is 0 Å². The van der Waals surface area contributed by atoms with Gasteiger partial charge in [-0.15, -0.1) is 0 Å². The fraction of sp³-hybridized carbons (Fsp3) is 0.133. The molecule has 2 aromatic rings. The van der Waals surface area contributed by atoms with E-state index in [1.165, 1.54) is 0 Å². The van der Waals surface area contributed by atoms with Crippen LogP contribution in [-0.4, -0.2) is 11.1 Å². The van der Waals surface area contributed by atoms with Crippen molar-refractivity contribution >= 4 is 5.97 Å². The second-order valence-electron chi connectivity index (χ2n) is 3.63. The molecule has 2 aromatic carbocycles. The van der Waals surface area contributed by atoms with Crippen molar-refractivity contribution in [2.75, 3.05) is 0 Å². The summed E-state index contributed by atoms with van der Waals surface area (Å²) in [7, 11) is 0. The largest absolute Gasteiger partial charge is 1.00 e. The molecule has 0 amide bonds. The maximum absolute atomic E-state index is 10.6. The Morgan fingerprint density at radius 3 is 2.32 bits per heavy atom. The fourth-order valence-corrected chi connectivity index (χ4v) is 1.52. The third kappa shape index (κ3) is 5.92. The monoisotopic (exact) mass is 268 g/mol. The SMILES string of the molecule is C.O=C(O)Cc1cccc(Oc2ccccc2)c1.[H-].[Na+]. The second-order valence-corrected chi connectivity index (χ2v) is 3.63. The number of rotatable bonds is 4. The molecule has 3 nitrogen and oxygen atoms in total. The Morgan fingerprint density at radius 1 is 1.05 bits per heavy atom. The first kappa shape index (κ1) is 17.7. The maximum atomic E-state index is 10.6. The first-order valence-corrected chi connectivity index (χ1v) is 5.28. The minimum absolute atomic E-state index is 0. The van der Waals surface area contributed by atoms with Crippen molar-refractivity contribution in [2.24, 2.45) is 0 Å². The van der Waals surface area contributed by atoms with Crippen molar-refractivity contribution in [3.63, 3.8) is 0 Å². The zero-order valence-electron chi connectivity index (χ0n) is 11.2. The number of hydrogen-bond donors (Lipinski definition) is 1. The summed E-state index contributed by atoms with van der Waals surface area (Å²) in [6.45, 7) is 0. The van der Waals surface area contributed by atoms with Gasteiger partial charge in [0.25, 0.3) is 0 Å². The second kappa shape index (κ2) is 8.75. The number of hydrogen-bond acceptors (Lipinski definition) is 2. The molecule has 0 aliphatic heterocycles. The van der Waals surface area contributed by atoms with Crippen molar-refractivity contribution in [1.82, 2.24) is 0 Å². The fourth-order valence-electron chi connectivity index (χ4n) is 1.52. The molecular formula is C15H17NaO3. The predicted octanol–water partition coefficient (Wildman–Crippen LogP) is 0.859. The molecule has 0 fully saturated rings. The molecule has 0 bridgehead atoms. The summed E-state index contributed by atoms with van der Waals surface area (Å²) in [5.41, 5.74) is 0.728. The van der Waals surface area contributed by atoms with Crippen LogP contribution in [0, 0.1) is 0 Å². The zero-order valence-corrected chi connectivity index (χ0v) is 12.2. The molecule has 0 saturated carbocycles. The maximum Gasteiger partial charge on any atom is 1.00 e. The third-order valence-corrected chi connectivity index (χ3v) is 2.23. The molecule has 0 radical (unpaired) electrons. The normalized spacial score (nSPS) is 8.84. The van der Waals surface area contributed by atoms with Gasteiger partial charge in [-0.1, -0.05) is 37.8 Å². The van der Waals surface area contributed by atoms with Crippen LogP contribution in [0.25, 0.3) is 0 Å². The summed E-state index contributed by atoms with van der Waals surface area (Å²) in [5.74, 6) is 0.539. The van der Waals surface area contributed by atoms with E-state index < -0.39 is 5.97 Å². The minimum atomic E-state index is -0.845. The third-order valence-electron chi connectivity index (χ3n) is 2.23. The molecule has 19 heavy (non-hydrogen) atoms. The van der Waals surface area contributed by atoms with Crippen LogP contribution in [0.5, 0.6) is 11.5 Å². The molecule has 0 atom stereocenters. The zero-order chi connectivity index (χ0) is 12.1. The number of ether oxygens (including phenoxy) is 1. The van der Waals surface area contributed by atoms with Crippen LogP contribution in [0.3, 0.4) is 0 Å². The van der Waals surface area contributed by atoms with E-state index in [0.717, 1.165) is 11.3 Å². The molecule has 0 aliphatic carbocycles. The van der Waals surface area contributed by atoms with E-state index in [2.05, 4.69) is 0 Å². The Bertz CT molecular complexity index is 518. The molecule has 0 heterocycles. The molecule has 1 N–H and O–H groups in total. The van der Waals surface area contributed by atoms with Gasteiger partial charge in [-0.25, -0.2) is 0 Å². The number of carbonyl (C=O) groups is 1.